The lowest BCUT2D eigenvalue weighted by atomic mass is 9.99. The van der Waals surface area contributed by atoms with Crippen LogP contribution in [0.2, 0.25) is 0 Å². The van der Waals surface area contributed by atoms with Gasteiger partial charge in [-0.2, -0.15) is 0 Å². The highest BCUT2D eigenvalue weighted by atomic mass is 16.1. The summed E-state index contributed by atoms with van der Waals surface area (Å²) < 4.78 is 0. The lowest BCUT2D eigenvalue weighted by Crippen LogP contribution is -2.32. The van der Waals surface area contributed by atoms with E-state index in [0.717, 1.165) is 30.9 Å². The van der Waals surface area contributed by atoms with Gasteiger partial charge in [0.15, 0.2) is 0 Å². The predicted molar refractivity (Wildman–Crippen MR) is 112 cm³/mol. The van der Waals surface area contributed by atoms with Crippen molar-refractivity contribution in [2.24, 2.45) is 5.92 Å². The third-order valence-electron chi connectivity index (χ3n) is 5.51. The molecule has 0 aliphatic carbocycles. The maximum absolute atomic E-state index is 12.3. The number of aryl methyl sites for hydroxylation is 2. The Balaban J connectivity index is 1.40. The van der Waals surface area contributed by atoms with Gasteiger partial charge >= 0.3 is 0 Å². The zero-order valence-corrected chi connectivity index (χ0v) is 16.7. The quantitative estimate of drug-likeness (QED) is 0.729. The summed E-state index contributed by atoms with van der Waals surface area (Å²) in [5, 5.41) is 3.04. The first-order valence-corrected chi connectivity index (χ1v) is 10.3. The number of hydrogen-bond donors (Lipinski definition) is 1. The molecule has 144 valence electrons. The topological polar surface area (TPSA) is 32.3 Å². The van der Waals surface area contributed by atoms with Gasteiger partial charge in [-0.1, -0.05) is 48.9 Å². The van der Waals surface area contributed by atoms with Crippen molar-refractivity contribution >= 4 is 5.91 Å². The maximum Gasteiger partial charge on any atom is 0.251 e. The summed E-state index contributed by atoms with van der Waals surface area (Å²) in [7, 11) is 0. The van der Waals surface area contributed by atoms with Gasteiger partial charge in [0.1, 0.15) is 0 Å². The summed E-state index contributed by atoms with van der Waals surface area (Å²) in [4.78, 5) is 14.8. The first-order valence-electron chi connectivity index (χ1n) is 10.3. The Kier molecular flexibility index (Phi) is 7.05. The van der Waals surface area contributed by atoms with E-state index in [2.05, 4.69) is 60.5 Å². The highest BCUT2D eigenvalue weighted by molar-refractivity contribution is 5.94. The van der Waals surface area contributed by atoms with E-state index in [4.69, 9.17) is 0 Å². The Hall–Kier alpha value is -2.13. The van der Waals surface area contributed by atoms with Crippen molar-refractivity contribution in [2.75, 3.05) is 19.6 Å². The standard InChI is InChI=1S/C24H32N2O/c1-19-12-15-26(16-13-19)18-22-8-10-23(11-9-22)24(27)25-14-4-7-21-6-3-5-20(2)17-21/h3,5-6,8-11,17,19H,4,7,12-16,18H2,1-2H3,(H,25,27). The van der Waals surface area contributed by atoms with Crippen LogP contribution in [0.3, 0.4) is 0 Å². The minimum atomic E-state index is 0.0255. The number of piperidine rings is 1. The van der Waals surface area contributed by atoms with Crippen LogP contribution in [0, 0.1) is 12.8 Å². The van der Waals surface area contributed by atoms with Gasteiger partial charge in [-0.05, 0) is 74.9 Å². The lowest BCUT2D eigenvalue weighted by molar-refractivity contribution is 0.0953. The number of carbonyl (C=O) groups excluding carboxylic acids is 1. The number of likely N-dealkylation sites (tertiary alicyclic amines) is 1. The van der Waals surface area contributed by atoms with E-state index in [1.165, 1.54) is 42.6 Å². The normalized spacial score (nSPS) is 15.6. The lowest BCUT2D eigenvalue weighted by Gasteiger charge is -2.30. The van der Waals surface area contributed by atoms with Crippen LogP contribution in [0.25, 0.3) is 0 Å². The largest absolute Gasteiger partial charge is 0.352 e. The Morgan fingerprint density at radius 1 is 1.07 bits per heavy atom. The SMILES string of the molecule is Cc1cccc(CCCNC(=O)c2ccc(CN3CCC(C)CC3)cc2)c1. The van der Waals surface area contributed by atoms with Crippen LogP contribution < -0.4 is 5.32 Å². The molecule has 1 fully saturated rings. The molecule has 0 radical (unpaired) electrons. The Bertz CT molecular complexity index is 730. The number of benzene rings is 2. The predicted octanol–water partition coefficient (Wildman–Crippen LogP) is 4.59. The van der Waals surface area contributed by atoms with Crippen LogP contribution >= 0.6 is 0 Å². The number of carbonyl (C=O) groups is 1. The number of hydrogen-bond acceptors (Lipinski definition) is 2. The Labute approximate surface area is 163 Å². The fourth-order valence-electron chi connectivity index (χ4n) is 3.70. The van der Waals surface area contributed by atoms with Gasteiger partial charge in [-0.15, -0.1) is 0 Å². The molecule has 27 heavy (non-hydrogen) atoms. The molecule has 3 heteroatoms. The van der Waals surface area contributed by atoms with E-state index in [-0.39, 0.29) is 5.91 Å². The summed E-state index contributed by atoms with van der Waals surface area (Å²) >= 11 is 0. The smallest absolute Gasteiger partial charge is 0.251 e. The molecule has 1 amide bonds. The summed E-state index contributed by atoms with van der Waals surface area (Å²) in [6, 6.07) is 16.7. The van der Waals surface area contributed by atoms with Crippen LogP contribution in [0.15, 0.2) is 48.5 Å². The third kappa shape index (κ3) is 6.21. The fourth-order valence-corrected chi connectivity index (χ4v) is 3.70. The molecule has 0 atom stereocenters. The molecule has 0 aromatic heterocycles. The first kappa shape index (κ1) is 19.6. The van der Waals surface area contributed by atoms with Crippen molar-refractivity contribution in [1.82, 2.24) is 10.2 Å². The number of nitrogens with zero attached hydrogens (tertiary/aromatic N) is 1. The van der Waals surface area contributed by atoms with Gasteiger partial charge in [0, 0.05) is 18.7 Å². The molecule has 1 N–H and O–H groups in total. The van der Waals surface area contributed by atoms with Crippen molar-refractivity contribution in [3.05, 3.63) is 70.8 Å². The van der Waals surface area contributed by atoms with Crippen molar-refractivity contribution in [2.45, 2.75) is 46.1 Å². The molecule has 1 aliphatic rings. The fraction of sp³-hybridized carbons (Fsp3) is 0.458. The van der Waals surface area contributed by atoms with Crippen molar-refractivity contribution in [1.29, 1.82) is 0 Å². The van der Waals surface area contributed by atoms with E-state index in [1.807, 2.05) is 12.1 Å². The van der Waals surface area contributed by atoms with E-state index in [0.29, 0.717) is 6.54 Å². The number of amides is 1. The van der Waals surface area contributed by atoms with Crippen LogP contribution in [-0.2, 0) is 13.0 Å². The Morgan fingerprint density at radius 2 is 1.81 bits per heavy atom. The molecule has 3 rings (SSSR count). The zero-order valence-electron chi connectivity index (χ0n) is 16.7. The van der Waals surface area contributed by atoms with Gasteiger partial charge in [0.25, 0.3) is 5.91 Å². The van der Waals surface area contributed by atoms with Crippen molar-refractivity contribution in [3.8, 4) is 0 Å². The number of nitrogens with one attached hydrogen (secondary N) is 1. The Morgan fingerprint density at radius 3 is 2.52 bits per heavy atom. The van der Waals surface area contributed by atoms with Gasteiger partial charge in [0.05, 0.1) is 0 Å². The molecular formula is C24H32N2O. The van der Waals surface area contributed by atoms with E-state index in [9.17, 15) is 4.79 Å². The molecule has 0 saturated carbocycles. The minimum Gasteiger partial charge on any atom is -0.352 e. The van der Waals surface area contributed by atoms with Crippen molar-refractivity contribution in [3.63, 3.8) is 0 Å². The molecule has 1 heterocycles. The summed E-state index contributed by atoms with van der Waals surface area (Å²) in [5.41, 5.74) is 4.67. The van der Waals surface area contributed by atoms with Crippen molar-refractivity contribution < 1.29 is 4.79 Å². The molecule has 0 bridgehead atoms. The molecule has 2 aromatic carbocycles. The van der Waals surface area contributed by atoms with E-state index < -0.39 is 0 Å². The average Bonchev–Trinajstić information content (AvgIpc) is 2.67. The van der Waals surface area contributed by atoms with E-state index in [1.54, 1.807) is 0 Å². The second kappa shape index (κ2) is 9.70. The van der Waals surface area contributed by atoms with Gasteiger partial charge in [-0.25, -0.2) is 0 Å². The second-order valence-corrected chi connectivity index (χ2v) is 8.00. The minimum absolute atomic E-state index is 0.0255. The molecular weight excluding hydrogens is 332 g/mol. The molecule has 2 aromatic rings. The molecule has 1 aliphatic heterocycles. The van der Waals surface area contributed by atoms with E-state index >= 15 is 0 Å². The van der Waals surface area contributed by atoms with Gasteiger partial charge in [-0.3, -0.25) is 9.69 Å². The van der Waals surface area contributed by atoms with Gasteiger partial charge < -0.3 is 5.32 Å². The van der Waals surface area contributed by atoms with Crippen LogP contribution in [-0.4, -0.2) is 30.4 Å². The molecule has 3 nitrogen and oxygen atoms in total. The summed E-state index contributed by atoms with van der Waals surface area (Å²) in [6.07, 6.45) is 4.54. The second-order valence-electron chi connectivity index (χ2n) is 8.00. The first-order chi connectivity index (χ1) is 13.1. The average molecular weight is 365 g/mol. The van der Waals surface area contributed by atoms with Crippen LogP contribution in [0.5, 0.6) is 0 Å². The molecule has 1 saturated heterocycles. The maximum atomic E-state index is 12.3. The van der Waals surface area contributed by atoms with Crippen LogP contribution in [0.4, 0.5) is 0 Å². The molecule has 0 unspecified atom stereocenters. The van der Waals surface area contributed by atoms with Gasteiger partial charge in [0.2, 0.25) is 0 Å². The van der Waals surface area contributed by atoms with Crippen LogP contribution in [0.1, 0.15) is 53.2 Å². The molecule has 0 spiro atoms. The summed E-state index contributed by atoms with van der Waals surface area (Å²) in [5.74, 6) is 0.885. The zero-order chi connectivity index (χ0) is 19.1. The highest BCUT2D eigenvalue weighted by Crippen LogP contribution is 2.18. The number of rotatable bonds is 7. The highest BCUT2D eigenvalue weighted by Gasteiger charge is 2.15. The third-order valence-corrected chi connectivity index (χ3v) is 5.51. The summed E-state index contributed by atoms with van der Waals surface area (Å²) in [6.45, 7) is 8.52. The monoisotopic (exact) mass is 364 g/mol.